The van der Waals surface area contributed by atoms with Crippen molar-refractivity contribution in [1.29, 1.82) is 0 Å². The SMILES string of the molecule is CSP(C)C(F)(F)F. The topological polar surface area (TPSA) is 0 Å². The summed E-state index contributed by atoms with van der Waals surface area (Å²) in [7, 11) is -1.80. The molecule has 0 aromatic heterocycles. The molecule has 0 heterocycles. The third-order valence-corrected chi connectivity index (χ3v) is 4.16. The van der Waals surface area contributed by atoms with E-state index in [0.717, 1.165) is 11.4 Å². The molecule has 5 heteroatoms. The van der Waals surface area contributed by atoms with E-state index >= 15 is 0 Å². The molecule has 0 saturated heterocycles. The van der Waals surface area contributed by atoms with Crippen molar-refractivity contribution in [2.75, 3.05) is 12.9 Å². The number of hydrogen-bond donors (Lipinski definition) is 0. The zero-order chi connectivity index (χ0) is 6.78. The highest BCUT2D eigenvalue weighted by Gasteiger charge is 2.34. The summed E-state index contributed by atoms with van der Waals surface area (Å²) in [4.78, 5) is 0. The summed E-state index contributed by atoms with van der Waals surface area (Å²) < 4.78 is 34.4. The van der Waals surface area contributed by atoms with Gasteiger partial charge in [0.25, 0.3) is 0 Å². The van der Waals surface area contributed by atoms with Gasteiger partial charge < -0.3 is 0 Å². The summed E-state index contributed by atoms with van der Waals surface area (Å²) in [6, 6.07) is 0. The van der Waals surface area contributed by atoms with E-state index in [-0.39, 0.29) is 0 Å². The van der Waals surface area contributed by atoms with Crippen molar-refractivity contribution in [2.45, 2.75) is 5.92 Å². The predicted molar refractivity (Wildman–Crippen MR) is 32.4 cm³/mol. The molecule has 8 heavy (non-hydrogen) atoms. The Morgan fingerprint density at radius 2 is 1.75 bits per heavy atom. The first-order valence-electron chi connectivity index (χ1n) is 1.83. The van der Waals surface area contributed by atoms with Crippen LogP contribution in [0.15, 0.2) is 0 Å². The molecule has 50 valence electrons. The van der Waals surface area contributed by atoms with Crippen molar-refractivity contribution < 1.29 is 13.2 Å². The van der Waals surface area contributed by atoms with Gasteiger partial charge in [0.15, 0.2) is 0 Å². The van der Waals surface area contributed by atoms with E-state index in [4.69, 9.17) is 0 Å². The van der Waals surface area contributed by atoms with Gasteiger partial charge >= 0.3 is 5.92 Å². The molecule has 0 rings (SSSR count). The fourth-order valence-corrected chi connectivity index (χ4v) is 0.932. The molecule has 0 spiro atoms. The summed E-state index contributed by atoms with van der Waals surface area (Å²) in [5.74, 6) is -3.96. The summed E-state index contributed by atoms with van der Waals surface area (Å²) in [6.45, 7) is 1.21. The first kappa shape index (κ1) is 8.57. The second-order valence-electron chi connectivity index (χ2n) is 1.15. The highest BCUT2D eigenvalue weighted by atomic mass is 32.7. The van der Waals surface area contributed by atoms with Crippen molar-refractivity contribution >= 4 is 18.5 Å². The molecule has 0 bridgehead atoms. The van der Waals surface area contributed by atoms with E-state index < -0.39 is 13.0 Å². The van der Waals surface area contributed by atoms with Crippen LogP contribution in [-0.2, 0) is 0 Å². The number of rotatable bonds is 1. The van der Waals surface area contributed by atoms with E-state index in [0.29, 0.717) is 0 Å². The maximum Gasteiger partial charge on any atom is 0.414 e. The Morgan fingerprint density at radius 3 is 1.75 bits per heavy atom. The molecule has 0 radical (unpaired) electrons. The van der Waals surface area contributed by atoms with Gasteiger partial charge in [0.2, 0.25) is 0 Å². The highest BCUT2D eigenvalue weighted by molar-refractivity contribution is 8.55. The third-order valence-electron chi connectivity index (χ3n) is 0.631. The van der Waals surface area contributed by atoms with Gasteiger partial charge in [-0.05, 0) is 12.9 Å². The zero-order valence-corrected chi connectivity index (χ0v) is 6.20. The molecule has 0 fully saturated rings. The molecule has 0 aromatic carbocycles. The molecule has 0 aliphatic heterocycles. The smallest absolute Gasteiger partial charge is 0.166 e. The Kier molecular flexibility index (Phi) is 3.13. The van der Waals surface area contributed by atoms with Crippen LogP contribution in [-0.4, -0.2) is 18.8 Å². The van der Waals surface area contributed by atoms with Gasteiger partial charge in [-0.1, -0.05) is 0 Å². The summed E-state index contributed by atoms with van der Waals surface area (Å²) in [6.07, 6.45) is 1.47. The van der Waals surface area contributed by atoms with Crippen LogP contribution in [0.3, 0.4) is 0 Å². The number of halogens is 3. The average Bonchev–Trinajstić information content (AvgIpc) is 1.62. The molecule has 0 amide bonds. The van der Waals surface area contributed by atoms with Gasteiger partial charge in [0.05, 0.1) is 7.12 Å². The Bertz CT molecular complexity index is 71.4. The van der Waals surface area contributed by atoms with Crippen LogP contribution in [0.2, 0.25) is 0 Å². The van der Waals surface area contributed by atoms with Crippen LogP contribution < -0.4 is 0 Å². The monoisotopic (exact) mass is 162 g/mol. The zero-order valence-electron chi connectivity index (χ0n) is 4.49. The van der Waals surface area contributed by atoms with E-state index in [1.165, 1.54) is 12.9 Å². The number of alkyl halides is 3. The first-order chi connectivity index (χ1) is 3.48. The fourth-order valence-electron chi connectivity index (χ4n) is 0.104. The van der Waals surface area contributed by atoms with E-state index in [2.05, 4.69) is 0 Å². The first-order valence-corrected chi connectivity index (χ1v) is 5.45. The van der Waals surface area contributed by atoms with Crippen LogP contribution in [0.1, 0.15) is 0 Å². The van der Waals surface area contributed by atoms with Crippen molar-refractivity contribution in [3.63, 3.8) is 0 Å². The molecule has 0 aliphatic rings. The quantitative estimate of drug-likeness (QED) is 0.534. The molecule has 0 aliphatic carbocycles. The predicted octanol–water partition coefficient (Wildman–Crippen LogP) is 2.90. The van der Waals surface area contributed by atoms with Gasteiger partial charge in [-0.2, -0.15) is 13.2 Å². The lowest BCUT2D eigenvalue weighted by atomic mass is 11.6. The van der Waals surface area contributed by atoms with Crippen molar-refractivity contribution in [3.05, 3.63) is 0 Å². The summed E-state index contributed by atoms with van der Waals surface area (Å²) in [5, 5.41) is 0. The molecule has 1 unspecified atom stereocenters. The minimum Gasteiger partial charge on any atom is -0.166 e. The third kappa shape index (κ3) is 2.78. The van der Waals surface area contributed by atoms with E-state index in [1.807, 2.05) is 0 Å². The van der Waals surface area contributed by atoms with Crippen molar-refractivity contribution in [1.82, 2.24) is 0 Å². The van der Waals surface area contributed by atoms with Gasteiger partial charge in [0.1, 0.15) is 0 Å². The highest BCUT2D eigenvalue weighted by Crippen LogP contribution is 2.58. The Labute approximate surface area is 51.3 Å². The van der Waals surface area contributed by atoms with E-state index in [1.54, 1.807) is 0 Å². The van der Waals surface area contributed by atoms with Crippen LogP contribution in [0.4, 0.5) is 13.2 Å². The lowest BCUT2D eigenvalue weighted by molar-refractivity contribution is -0.0375. The average molecular weight is 162 g/mol. The molecule has 1 atom stereocenters. The van der Waals surface area contributed by atoms with Crippen molar-refractivity contribution in [2.24, 2.45) is 0 Å². The minimum atomic E-state index is -3.96. The second-order valence-corrected chi connectivity index (χ2v) is 5.75. The molecule has 0 nitrogen and oxygen atoms in total. The Morgan fingerprint density at radius 1 is 1.38 bits per heavy atom. The van der Waals surface area contributed by atoms with Gasteiger partial charge in [-0.3, -0.25) is 0 Å². The van der Waals surface area contributed by atoms with Gasteiger partial charge in [0, 0.05) is 0 Å². The Hall–Kier alpha value is 0.570. The fraction of sp³-hybridized carbons (Fsp3) is 1.00. The second kappa shape index (κ2) is 2.92. The summed E-state index contributed by atoms with van der Waals surface area (Å²) >= 11 is 0.872. The Balaban J connectivity index is 3.62. The molecule has 0 N–H and O–H groups in total. The molecular formula is C3H6F3PS. The maximum atomic E-state index is 11.5. The van der Waals surface area contributed by atoms with Gasteiger partial charge in [-0.15, -0.1) is 11.4 Å². The number of hydrogen-bond acceptors (Lipinski definition) is 1. The lowest BCUT2D eigenvalue weighted by Crippen LogP contribution is -1.99. The van der Waals surface area contributed by atoms with Crippen LogP contribution in [0, 0.1) is 0 Å². The minimum absolute atomic E-state index is 0.872. The molecule has 0 aromatic rings. The van der Waals surface area contributed by atoms with Gasteiger partial charge in [-0.25, -0.2) is 0 Å². The van der Waals surface area contributed by atoms with Crippen molar-refractivity contribution in [3.8, 4) is 0 Å². The lowest BCUT2D eigenvalue weighted by Gasteiger charge is -2.11. The van der Waals surface area contributed by atoms with Crippen LogP contribution >= 0.6 is 18.5 Å². The normalized spacial score (nSPS) is 16.1. The molecule has 0 saturated carbocycles. The van der Waals surface area contributed by atoms with Crippen LogP contribution in [0.5, 0.6) is 0 Å². The maximum absolute atomic E-state index is 11.5. The molecular weight excluding hydrogens is 156 g/mol. The largest absolute Gasteiger partial charge is 0.414 e. The van der Waals surface area contributed by atoms with Crippen LogP contribution in [0.25, 0.3) is 0 Å². The summed E-state index contributed by atoms with van der Waals surface area (Å²) in [5.41, 5.74) is 0. The standard InChI is InChI=1S/C3H6F3PS/c1-7(8-2)3(4,5)6/h1-2H3. The van der Waals surface area contributed by atoms with E-state index in [9.17, 15) is 13.2 Å².